The Labute approximate surface area is 123 Å². The van der Waals surface area contributed by atoms with Crippen LogP contribution in [-0.2, 0) is 0 Å². The van der Waals surface area contributed by atoms with Crippen molar-refractivity contribution in [2.24, 2.45) is 11.5 Å². The summed E-state index contributed by atoms with van der Waals surface area (Å²) in [6.07, 6.45) is 4.40. The van der Waals surface area contributed by atoms with E-state index in [2.05, 4.69) is 10.3 Å². The molecule has 1 fully saturated rings. The van der Waals surface area contributed by atoms with E-state index >= 15 is 0 Å². The predicted octanol–water partition coefficient (Wildman–Crippen LogP) is 2.02. The summed E-state index contributed by atoms with van der Waals surface area (Å²) in [7, 11) is 0. The molecule has 5 heteroatoms. The first-order chi connectivity index (χ1) is 10.1. The number of fused-ring (bicyclic) bond motifs is 1. The highest BCUT2D eigenvalue weighted by Gasteiger charge is 2.32. The molecule has 0 atom stereocenters. The van der Waals surface area contributed by atoms with E-state index in [0.717, 1.165) is 23.7 Å². The Morgan fingerprint density at radius 3 is 2.67 bits per heavy atom. The second-order valence-electron chi connectivity index (χ2n) is 5.75. The number of pyridine rings is 1. The Morgan fingerprint density at radius 1 is 1.29 bits per heavy atom. The van der Waals surface area contributed by atoms with Crippen LogP contribution in [0.2, 0.25) is 0 Å². The quantitative estimate of drug-likeness (QED) is 0.800. The van der Waals surface area contributed by atoms with Gasteiger partial charge in [-0.2, -0.15) is 0 Å². The molecule has 1 amide bonds. The summed E-state index contributed by atoms with van der Waals surface area (Å²) in [5.41, 5.74) is 12.6. The van der Waals surface area contributed by atoms with E-state index in [9.17, 15) is 4.79 Å². The number of nitrogens with one attached hydrogen (secondary N) is 1. The molecule has 5 N–H and O–H groups in total. The third-order valence-corrected chi connectivity index (χ3v) is 4.33. The first-order valence-corrected chi connectivity index (χ1v) is 7.31. The molecule has 0 spiro atoms. The average Bonchev–Trinajstić information content (AvgIpc) is 2.95. The lowest BCUT2D eigenvalue weighted by atomic mass is 9.97. The molecule has 110 valence electrons. The third-order valence-electron chi connectivity index (χ3n) is 4.33. The number of anilines is 1. The van der Waals surface area contributed by atoms with Crippen molar-refractivity contribution in [1.29, 1.82) is 0 Å². The van der Waals surface area contributed by atoms with Gasteiger partial charge in [0.15, 0.2) is 0 Å². The van der Waals surface area contributed by atoms with E-state index in [1.165, 1.54) is 12.8 Å². The molecule has 21 heavy (non-hydrogen) atoms. The molecule has 1 aromatic heterocycles. The zero-order valence-electron chi connectivity index (χ0n) is 11.9. The highest BCUT2D eigenvalue weighted by atomic mass is 16.1. The molecular formula is C16H20N4O. The molecule has 1 saturated carbocycles. The summed E-state index contributed by atoms with van der Waals surface area (Å²) < 4.78 is 0. The number of amides is 1. The number of carbonyl (C=O) groups is 1. The van der Waals surface area contributed by atoms with Crippen LogP contribution in [0.5, 0.6) is 0 Å². The fraction of sp³-hybridized carbons (Fsp3) is 0.375. The minimum Gasteiger partial charge on any atom is -0.366 e. The van der Waals surface area contributed by atoms with E-state index in [4.69, 9.17) is 11.5 Å². The van der Waals surface area contributed by atoms with Crippen LogP contribution in [0.25, 0.3) is 10.9 Å². The smallest absolute Gasteiger partial charge is 0.249 e. The SMILES string of the molecule is NCC1(Nc2cc(C(N)=O)c3ccccc3n2)CCCC1. The van der Waals surface area contributed by atoms with Crippen LogP contribution in [0.3, 0.4) is 0 Å². The van der Waals surface area contributed by atoms with Gasteiger partial charge in [0, 0.05) is 11.9 Å². The fourth-order valence-electron chi connectivity index (χ4n) is 3.15. The number of primary amides is 1. The minimum absolute atomic E-state index is 0.107. The third kappa shape index (κ3) is 2.56. The number of carbonyl (C=O) groups excluding carboxylic acids is 1. The van der Waals surface area contributed by atoms with Crippen LogP contribution in [0.4, 0.5) is 5.82 Å². The van der Waals surface area contributed by atoms with Crippen molar-refractivity contribution in [2.45, 2.75) is 31.2 Å². The molecule has 0 bridgehead atoms. The second kappa shape index (κ2) is 5.33. The van der Waals surface area contributed by atoms with Crippen molar-refractivity contribution in [3.8, 4) is 0 Å². The lowest BCUT2D eigenvalue weighted by Gasteiger charge is -2.29. The number of para-hydroxylation sites is 1. The Kier molecular flexibility index (Phi) is 3.51. The van der Waals surface area contributed by atoms with Crippen LogP contribution in [-0.4, -0.2) is 23.0 Å². The van der Waals surface area contributed by atoms with Crippen molar-refractivity contribution < 1.29 is 4.79 Å². The minimum atomic E-state index is -0.440. The molecule has 1 aromatic carbocycles. The standard InChI is InChI=1S/C16H20N4O/c17-10-16(7-3-4-8-16)20-14-9-12(15(18)21)11-5-1-2-6-13(11)19-14/h1-2,5-6,9H,3-4,7-8,10,17H2,(H2,18,21)(H,19,20). The van der Waals surface area contributed by atoms with Gasteiger partial charge in [-0.3, -0.25) is 4.79 Å². The monoisotopic (exact) mass is 284 g/mol. The highest BCUT2D eigenvalue weighted by Crippen LogP contribution is 2.32. The summed E-state index contributed by atoms with van der Waals surface area (Å²) >= 11 is 0. The summed E-state index contributed by atoms with van der Waals surface area (Å²) in [6, 6.07) is 9.26. The number of rotatable bonds is 4. The lowest BCUT2D eigenvalue weighted by Crippen LogP contribution is -2.43. The molecule has 1 aliphatic rings. The van der Waals surface area contributed by atoms with Gasteiger partial charge in [-0.05, 0) is 25.0 Å². The van der Waals surface area contributed by atoms with Gasteiger partial charge in [0.1, 0.15) is 5.82 Å². The first-order valence-electron chi connectivity index (χ1n) is 7.31. The first kappa shape index (κ1) is 13.8. The Bertz CT molecular complexity index is 677. The van der Waals surface area contributed by atoms with Crippen LogP contribution in [0, 0.1) is 0 Å². The molecular weight excluding hydrogens is 264 g/mol. The normalized spacial score (nSPS) is 17.0. The van der Waals surface area contributed by atoms with E-state index in [1.807, 2.05) is 24.3 Å². The van der Waals surface area contributed by atoms with E-state index in [0.29, 0.717) is 17.9 Å². The number of nitrogens with two attached hydrogens (primary N) is 2. The van der Waals surface area contributed by atoms with Gasteiger partial charge in [-0.1, -0.05) is 31.0 Å². The topological polar surface area (TPSA) is 94.0 Å². The van der Waals surface area contributed by atoms with Crippen LogP contribution in [0.1, 0.15) is 36.0 Å². The molecule has 1 heterocycles. The van der Waals surface area contributed by atoms with Gasteiger partial charge in [0.2, 0.25) is 5.91 Å². The van der Waals surface area contributed by atoms with Crippen molar-refractivity contribution in [2.75, 3.05) is 11.9 Å². The zero-order valence-corrected chi connectivity index (χ0v) is 11.9. The van der Waals surface area contributed by atoms with Crippen molar-refractivity contribution in [1.82, 2.24) is 4.98 Å². The van der Waals surface area contributed by atoms with Crippen molar-refractivity contribution in [3.05, 3.63) is 35.9 Å². The van der Waals surface area contributed by atoms with Gasteiger partial charge < -0.3 is 16.8 Å². The molecule has 2 aromatic rings. The summed E-state index contributed by atoms with van der Waals surface area (Å²) in [4.78, 5) is 16.3. The molecule has 0 unspecified atom stereocenters. The predicted molar refractivity (Wildman–Crippen MR) is 84.1 cm³/mol. The molecule has 0 radical (unpaired) electrons. The Morgan fingerprint density at radius 2 is 2.00 bits per heavy atom. The largest absolute Gasteiger partial charge is 0.366 e. The van der Waals surface area contributed by atoms with E-state index < -0.39 is 5.91 Å². The Balaban J connectivity index is 2.05. The van der Waals surface area contributed by atoms with Crippen LogP contribution in [0.15, 0.2) is 30.3 Å². The molecule has 5 nitrogen and oxygen atoms in total. The molecule has 3 rings (SSSR count). The van der Waals surface area contributed by atoms with E-state index in [-0.39, 0.29) is 5.54 Å². The average molecular weight is 284 g/mol. The zero-order chi connectivity index (χ0) is 14.9. The fourth-order valence-corrected chi connectivity index (χ4v) is 3.15. The molecule has 0 aliphatic heterocycles. The number of hydrogen-bond donors (Lipinski definition) is 3. The maximum atomic E-state index is 11.7. The van der Waals surface area contributed by atoms with Gasteiger partial charge in [-0.15, -0.1) is 0 Å². The van der Waals surface area contributed by atoms with Gasteiger partial charge >= 0.3 is 0 Å². The number of benzene rings is 1. The van der Waals surface area contributed by atoms with Crippen LogP contribution >= 0.6 is 0 Å². The summed E-state index contributed by atoms with van der Waals surface area (Å²) in [5, 5.41) is 4.23. The van der Waals surface area contributed by atoms with Crippen LogP contribution < -0.4 is 16.8 Å². The van der Waals surface area contributed by atoms with Gasteiger partial charge in [0.25, 0.3) is 0 Å². The second-order valence-corrected chi connectivity index (χ2v) is 5.75. The summed E-state index contributed by atoms with van der Waals surface area (Å²) in [5.74, 6) is 0.236. The van der Waals surface area contributed by atoms with Gasteiger partial charge in [0.05, 0.1) is 16.6 Å². The number of aromatic nitrogens is 1. The highest BCUT2D eigenvalue weighted by molar-refractivity contribution is 6.06. The Hall–Kier alpha value is -2.14. The molecule has 0 saturated heterocycles. The number of nitrogens with zero attached hydrogens (tertiary/aromatic N) is 1. The number of hydrogen-bond acceptors (Lipinski definition) is 4. The van der Waals surface area contributed by atoms with Gasteiger partial charge in [-0.25, -0.2) is 4.98 Å². The van der Waals surface area contributed by atoms with Crippen molar-refractivity contribution >= 4 is 22.6 Å². The maximum Gasteiger partial charge on any atom is 0.249 e. The maximum absolute atomic E-state index is 11.7. The van der Waals surface area contributed by atoms with Crippen molar-refractivity contribution in [3.63, 3.8) is 0 Å². The molecule has 1 aliphatic carbocycles. The summed E-state index contributed by atoms with van der Waals surface area (Å²) in [6.45, 7) is 0.563. The lowest BCUT2D eigenvalue weighted by molar-refractivity contribution is 0.100. The van der Waals surface area contributed by atoms with E-state index in [1.54, 1.807) is 6.07 Å².